The fourth-order valence-corrected chi connectivity index (χ4v) is 2.54. The van der Waals surface area contributed by atoms with Crippen molar-refractivity contribution in [3.05, 3.63) is 67.8 Å². The van der Waals surface area contributed by atoms with Gasteiger partial charge in [0.05, 0.1) is 20.9 Å². The molecule has 3 aromatic rings. The number of aromatic amines is 1. The van der Waals surface area contributed by atoms with E-state index in [4.69, 9.17) is 0 Å². The molecule has 0 aliphatic carbocycles. The van der Waals surface area contributed by atoms with E-state index in [0.29, 0.717) is 11.1 Å². The minimum atomic E-state index is -0.866. The van der Waals surface area contributed by atoms with Crippen LogP contribution < -0.4 is 0 Å². The Bertz CT molecular complexity index is 1130. The van der Waals surface area contributed by atoms with Crippen LogP contribution in [-0.4, -0.2) is 25.8 Å². The number of nitrogens with zero attached hydrogens (tertiary/aromatic N) is 4. The van der Waals surface area contributed by atoms with E-state index >= 15 is 0 Å². The van der Waals surface area contributed by atoms with Crippen LogP contribution in [0.25, 0.3) is 10.9 Å². The number of amides is 1. The van der Waals surface area contributed by atoms with Crippen LogP contribution in [0, 0.1) is 27.2 Å². The summed E-state index contributed by atoms with van der Waals surface area (Å²) >= 11 is 0. The summed E-state index contributed by atoms with van der Waals surface area (Å²) in [7, 11) is 0. The highest BCUT2D eigenvalue weighted by atomic mass is 16.6. The molecule has 3 rings (SSSR count). The van der Waals surface area contributed by atoms with E-state index in [1.807, 2.05) is 0 Å². The average Bonchev–Trinajstić information content (AvgIpc) is 2.95. The number of aromatic hydroxyl groups is 1. The molecule has 1 aromatic heterocycles. The van der Waals surface area contributed by atoms with Gasteiger partial charge < -0.3 is 10.1 Å². The number of hydrogen-bond acceptors (Lipinski definition) is 7. The smallest absolute Gasteiger partial charge is 0.295 e. The van der Waals surface area contributed by atoms with Gasteiger partial charge in [0.2, 0.25) is 5.88 Å². The van der Waals surface area contributed by atoms with E-state index in [-0.39, 0.29) is 28.0 Å². The maximum Gasteiger partial charge on any atom is 0.295 e. The lowest BCUT2D eigenvalue weighted by Crippen LogP contribution is -1.96. The molecule has 0 bridgehead atoms. The molecule has 0 spiro atoms. The SMILES string of the molecule is Cc1cc([N+](=O)[O-])cc2c(N=NC(=O)c3cccc([N+](=O)[O-])c3)c(O)[nH]c12. The predicted molar refractivity (Wildman–Crippen MR) is 93.3 cm³/mol. The maximum absolute atomic E-state index is 12.1. The third-order valence-electron chi connectivity index (χ3n) is 3.80. The monoisotopic (exact) mass is 369 g/mol. The van der Waals surface area contributed by atoms with E-state index in [1.165, 1.54) is 30.3 Å². The molecule has 0 fully saturated rings. The largest absolute Gasteiger partial charge is 0.493 e. The lowest BCUT2D eigenvalue weighted by molar-refractivity contribution is -0.385. The first kappa shape index (κ1) is 17.7. The van der Waals surface area contributed by atoms with Crippen LogP contribution in [0.5, 0.6) is 5.88 Å². The standard InChI is InChI=1S/C16H11N5O6/c1-8-5-11(21(26)27)7-12-13(8)17-16(23)14(12)18-19-15(22)9-3-2-4-10(6-9)20(24)25/h2-7,17,23H,1H3. The topological polar surface area (TPSA) is 164 Å². The second-order valence-corrected chi connectivity index (χ2v) is 5.58. The molecule has 0 saturated carbocycles. The van der Waals surface area contributed by atoms with Crippen molar-refractivity contribution in [2.75, 3.05) is 0 Å². The molecule has 0 aliphatic rings. The zero-order valence-corrected chi connectivity index (χ0v) is 13.7. The van der Waals surface area contributed by atoms with Gasteiger partial charge in [0.15, 0.2) is 5.69 Å². The van der Waals surface area contributed by atoms with Crippen molar-refractivity contribution >= 4 is 33.9 Å². The number of nitro groups is 2. The summed E-state index contributed by atoms with van der Waals surface area (Å²) in [5.74, 6) is -1.28. The maximum atomic E-state index is 12.1. The van der Waals surface area contributed by atoms with E-state index in [0.717, 1.165) is 6.07 Å². The fourth-order valence-electron chi connectivity index (χ4n) is 2.54. The first-order valence-corrected chi connectivity index (χ1v) is 7.48. The molecule has 0 saturated heterocycles. The molecule has 136 valence electrons. The molecule has 0 radical (unpaired) electrons. The minimum absolute atomic E-state index is 0.0607. The van der Waals surface area contributed by atoms with Crippen molar-refractivity contribution in [1.29, 1.82) is 0 Å². The van der Waals surface area contributed by atoms with Crippen molar-refractivity contribution in [3.63, 3.8) is 0 Å². The van der Waals surface area contributed by atoms with Crippen LogP contribution in [-0.2, 0) is 0 Å². The number of azo groups is 1. The zero-order valence-electron chi connectivity index (χ0n) is 13.7. The Kier molecular flexibility index (Phi) is 4.34. The Balaban J connectivity index is 2.02. The summed E-state index contributed by atoms with van der Waals surface area (Å²) < 4.78 is 0. The van der Waals surface area contributed by atoms with Gasteiger partial charge in [-0.25, -0.2) is 0 Å². The molecular formula is C16H11N5O6. The highest BCUT2D eigenvalue weighted by molar-refractivity contribution is 5.99. The molecule has 1 heterocycles. The summed E-state index contributed by atoms with van der Waals surface area (Å²) in [6.45, 7) is 1.61. The van der Waals surface area contributed by atoms with Crippen molar-refractivity contribution in [3.8, 4) is 5.88 Å². The number of nitrogens with one attached hydrogen (secondary N) is 1. The van der Waals surface area contributed by atoms with Crippen LogP contribution in [0.3, 0.4) is 0 Å². The Morgan fingerprint density at radius 1 is 1.11 bits per heavy atom. The lowest BCUT2D eigenvalue weighted by atomic mass is 10.1. The number of non-ortho nitro benzene ring substituents is 2. The van der Waals surface area contributed by atoms with Gasteiger partial charge in [0, 0.05) is 29.7 Å². The number of rotatable bonds is 4. The van der Waals surface area contributed by atoms with Gasteiger partial charge in [0.25, 0.3) is 17.3 Å². The highest BCUT2D eigenvalue weighted by Crippen LogP contribution is 2.39. The number of aryl methyl sites for hydroxylation is 1. The zero-order chi connectivity index (χ0) is 19.7. The molecule has 2 aromatic carbocycles. The number of carbonyl (C=O) groups is 1. The number of fused-ring (bicyclic) bond motifs is 1. The molecule has 11 nitrogen and oxygen atoms in total. The lowest BCUT2D eigenvalue weighted by Gasteiger charge is -1.97. The fraction of sp³-hybridized carbons (Fsp3) is 0.0625. The van der Waals surface area contributed by atoms with Crippen LogP contribution in [0.15, 0.2) is 46.6 Å². The Morgan fingerprint density at radius 2 is 1.81 bits per heavy atom. The number of aromatic nitrogens is 1. The quantitative estimate of drug-likeness (QED) is 0.402. The van der Waals surface area contributed by atoms with Gasteiger partial charge in [-0.3, -0.25) is 25.0 Å². The molecule has 2 N–H and O–H groups in total. The van der Waals surface area contributed by atoms with Crippen LogP contribution in [0.1, 0.15) is 15.9 Å². The Morgan fingerprint density at radius 3 is 2.48 bits per heavy atom. The van der Waals surface area contributed by atoms with E-state index in [1.54, 1.807) is 6.92 Å². The van der Waals surface area contributed by atoms with Crippen molar-refractivity contribution < 1.29 is 19.7 Å². The van der Waals surface area contributed by atoms with Gasteiger partial charge in [-0.1, -0.05) is 6.07 Å². The first-order valence-electron chi connectivity index (χ1n) is 7.48. The van der Waals surface area contributed by atoms with Crippen molar-refractivity contribution in [2.24, 2.45) is 10.2 Å². The highest BCUT2D eigenvalue weighted by Gasteiger charge is 2.18. The third kappa shape index (κ3) is 3.33. The van der Waals surface area contributed by atoms with Gasteiger partial charge in [-0.2, -0.15) is 0 Å². The molecular weight excluding hydrogens is 358 g/mol. The third-order valence-corrected chi connectivity index (χ3v) is 3.80. The van der Waals surface area contributed by atoms with Gasteiger partial charge in [-0.05, 0) is 18.6 Å². The summed E-state index contributed by atoms with van der Waals surface area (Å²) in [6.07, 6.45) is 0. The van der Waals surface area contributed by atoms with E-state index in [2.05, 4.69) is 15.2 Å². The minimum Gasteiger partial charge on any atom is -0.493 e. The molecule has 27 heavy (non-hydrogen) atoms. The van der Waals surface area contributed by atoms with E-state index < -0.39 is 21.6 Å². The second-order valence-electron chi connectivity index (χ2n) is 5.58. The second kappa shape index (κ2) is 6.63. The predicted octanol–water partition coefficient (Wildman–Crippen LogP) is 3.92. The summed E-state index contributed by atoms with van der Waals surface area (Å²) in [5.41, 5.74) is 0.221. The Labute approximate surface area is 150 Å². The van der Waals surface area contributed by atoms with Crippen LogP contribution >= 0.6 is 0 Å². The van der Waals surface area contributed by atoms with Crippen molar-refractivity contribution in [1.82, 2.24) is 4.98 Å². The number of carbonyl (C=O) groups excluding carboxylic acids is 1. The molecule has 11 heteroatoms. The molecule has 0 unspecified atom stereocenters. The molecule has 1 amide bonds. The first-order chi connectivity index (χ1) is 12.8. The number of H-pyrrole nitrogens is 1. The Hall–Kier alpha value is -4.15. The van der Waals surface area contributed by atoms with Gasteiger partial charge >= 0.3 is 0 Å². The molecule has 0 atom stereocenters. The van der Waals surface area contributed by atoms with Gasteiger partial charge in [-0.15, -0.1) is 10.2 Å². The number of hydrogen-bond donors (Lipinski definition) is 2. The summed E-state index contributed by atoms with van der Waals surface area (Å²) in [5, 5.41) is 39.2. The van der Waals surface area contributed by atoms with Crippen molar-refractivity contribution in [2.45, 2.75) is 6.92 Å². The summed E-state index contributed by atoms with van der Waals surface area (Å²) in [4.78, 5) is 35.3. The molecule has 0 aliphatic heterocycles. The van der Waals surface area contributed by atoms with E-state index in [9.17, 15) is 30.1 Å². The average molecular weight is 369 g/mol. The van der Waals surface area contributed by atoms with Gasteiger partial charge in [0.1, 0.15) is 0 Å². The normalized spacial score (nSPS) is 11.1. The number of nitro benzene ring substituents is 2. The van der Waals surface area contributed by atoms with Crippen LogP contribution in [0.4, 0.5) is 17.1 Å². The number of benzene rings is 2. The summed E-state index contributed by atoms with van der Waals surface area (Å²) in [6, 6.07) is 7.46. The van der Waals surface area contributed by atoms with Crippen LogP contribution in [0.2, 0.25) is 0 Å².